The molecule has 0 aromatic carbocycles. The van der Waals surface area contributed by atoms with E-state index in [1.165, 1.54) is 84.0 Å². The van der Waals surface area contributed by atoms with E-state index in [1.807, 2.05) is 0 Å². The van der Waals surface area contributed by atoms with Crippen LogP contribution in [0.15, 0.2) is 0 Å². The van der Waals surface area contributed by atoms with Crippen molar-refractivity contribution in [1.82, 2.24) is 10.2 Å². The summed E-state index contributed by atoms with van der Waals surface area (Å²) < 4.78 is 0. The van der Waals surface area contributed by atoms with Crippen LogP contribution in [0, 0.1) is 5.92 Å². The van der Waals surface area contributed by atoms with Crippen LogP contribution in [0.1, 0.15) is 64.7 Å². The molecule has 2 rings (SSSR count). The summed E-state index contributed by atoms with van der Waals surface area (Å²) in [6.07, 6.45) is 12.9. The number of nitrogens with zero attached hydrogens (tertiary/aromatic N) is 1. The van der Waals surface area contributed by atoms with Gasteiger partial charge in [-0.1, -0.05) is 32.6 Å². The van der Waals surface area contributed by atoms with Crippen LogP contribution in [0.3, 0.4) is 0 Å². The fourth-order valence-electron chi connectivity index (χ4n) is 3.58. The largest absolute Gasteiger partial charge is 0.314 e. The van der Waals surface area contributed by atoms with E-state index in [0.717, 1.165) is 12.0 Å². The maximum atomic E-state index is 3.86. The molecule has 0 spiro atoms. The van der Waals surface area contributed by atoms with Crippen LogP contribution >= 0.6 is 0 Å². The summed E-state index contributed by atoms with van der Waals surface area (Å²) in [5.41, 5.74) is 0. The van der Waals surface area contributed by atoms with Crippen molar-refractivity contribution in [3.63, 3.8) is 0 Å². The van der Waals surface area contributed by atoms with Gasteiger partial charge in [-0.05, 0) is 64.2 Å². The molecule has 1 saturated heterocycles. The van der Waals surface area contributed by atoms with Crippen molar-refractivity contribution >= 4 is 0 Å². The van der Waals surface area contributed by atoms with E-state index in [2.05, 4.69) is 17.1 Å². The molecule has 1 heterocycles. The van der Waals surface area contributed by atoms with E-state index in [-0.39, 0.29) is 0 Å². The summed E-state index contributed by atoms with van der Waals surface area (Å²) in [4.78, 5) is 2.63. The van der Waals surface area contributed by atoms with Crippen LogP contribution in [0.5, 0.6) is 0 Å². The fourth-order valence-corrected chi connectivity index (χ4v) is 3.58. The molecule has 106 valence electrons. The van der Waals surface area contributed by atoms with Gasteiger partial charge in [0.15, 0.2) is 0 Å². The molecule has 0 unspecified atom stereocenters. The van der Waals surface area contributed by atoms with Crippen molar-refractivity contribution in [3.8, 4) is 0 Å². The fraction of sp³-hybridized carbons (Fsp3) is 1.00. The predicted octanol–water partition coefficient (Wildman–Crippen LogP) is 3.42. The quantitative estimate of drug-likeness (QED) is 0.754. The number of hydrogen-bond donors (Lipinski definition) is 1. The molecule has 0 aromatic heterocycles. The third-order valence-electron chi connectivity index (χ3n) is 4.80. The normalized spacial score (nSPS) is 25.2. The van der Waals surface area contributed by atoms with E-state index in [4.69, 9.17) is 0 Å². The molecule has 0 amide bonds. The smallest absolute Gasteiger partial charge is 0.00915 e. The average Bonchev–Trinajstić information content (AvgIpc) is 2.67. The topological polar surface area (TPSA) is 15.3 Å². The Morgan fingerprint density at radius 2 is 1.61 bits per heavy atom. The molecule has 1 N–H and O–H groups in total. The monoisotopic (exact) mass is 252 g/mol. The summed E-state index contributed by atoms with van der Waals surface area (Å²) >= 11 is 0. The second kappa shape index (κ2) is 8.16. The average molecular weight is 252 g/mol. The van der Waals surface area contributed by atoms with Crippen molar-refractivity contribution in [2.24, 2.45) is 5.92 Å². The highest BCUT2D eigenvalue weighted by atomic mass is 15.1. The Morgan fingerprint density at radius 3 is 2.22 bits per heavy atom. The predicted molar refractivity (Wildman–Crippen MR) is 78.9 cm³/mol. The van der Waals surface area contributed by atoms with Gasteiger partial charge in [-0.3, -0.25) is 0 Å². The Bertz CT molecular complexity index is 201. The Balaban J connectivity index is 1.59. The van der Waals surface area contributed by atoms with Crippen LogP contribution in [-0.2, 0) is 0 Å². The maximum absolute atomic E-state index is 3.86. The summed E-state index contributed by atoms with van der Waals surface area (Å²) in [5, 5.41) is 3.86. The zero-order chi connectivity index (χ0) is 12.6. The molecular formula is C16H32N2. The Hall–Kier alpha value is -0.0800. The first-order valence-electron chi connectivity index (χ1n) is 8.34. The van der Waals surface area contributed by atoms with Crippen LogP contribution in [-0.4, -0.2) is 37.1 Å². The van der Waals surface area contributed by atoms with Crippen molar-refractivity contribution in [2.45, 2.75) is 70.8 Å². The molecular weight excluding hydrogens is 220 g/mol. The van der Waals surface area contributed by atoms with E-state index in [1.54, 1.807) is 0 Å². The standard InChI is InChI=1S/C16H32N2/c1-2-11-18-12-9-16(10-13-18)17-14-15-7-5-3-4-6-8-15/h15-17H,2-14H2,1H3. The van der Waals surface area contributed by atoms with E-state index >= 15 is 0 Å². The minimum atomic E-state index is 0.807. The number of rotatable bonds is 5. The number of hydrogen-bond acceptors (Lipinski definition) is 2. The van der Waals surface area contributed by atoms with Crippen LogP contribution in [0.2, 0.25) is 0 Å². The lowest BCUT2D eigenvalue weighted by molar-refractivity contribution is 0.194. The molecule has 2 aliphatic rings. The van der Waals surface area contributed by atoms with Gasteiger partial charge in [0.2, 0.25) is 0 Å². The SMILES string of the molecule is CCCN1CCC(NCC2CCCCCC2)CC1. The third kappa shape index (κ3) is 4.89. The maximum Gasteiger partial charge on any atom is 0.00915 e. The highest BCUT2D eigenvalue weighted by Gasteiger charge is 2.19. The summed E-state index contributed by atoms with van der Waals surface area (Å²) in [5.74, 6) is 0.973. The molecule has 2 heteroatoms. The molecule has 1 saturated carbocycles. The summed E-state index contributed by atoms with van der Waals surface area (Å²) in [7, 11) is 0. The van der Waals surface area contributed by atoms with Gasteiger partial charge in [-0.25, -0.2) is 0 Å². The highest BCUT2D eigenvalue weighted by molar-refractivity contribution is 4.78. The second-order valence-corrected chi connectivity index (χ2v) is 6.38. The molecule has 2 nitrogen and oxygen atoms in total. The Morgan fingerprint density at radius 1 is 0.944 bits per heavy atom. The molecule has 1 aliphatic carbocycles. The van der Waals surface area contributed by atoms with Gasteiger partial charge >= 0.3 is 0 Å². The Labute approximate surface area is 114 Å². The first-order chi connectivity index (χ1) is 8.88. The van der Waals surface area contributed by atoms with Crippen molar-refractivity contribution in [1.29, 1.82) is 0 Å². The van der Waals surface area contributed by atoms with Crippen LogP contribution in [0.25, 0.3) is 0 Å². The van der Waals surface area contributed by atoms with Gasteiger partial charge in [-0.2, -0.15) is 0 Å². The lowest BCUT2D eigenvalue weighted by Gasteiger charge is -2.33. The third-order valence-corrected chi connectivity index (χ3v) is 4.80. The van der Waals surface area contributed by atoms with Gasteiger partial charge in [-0.15, -0.1) is 0 Å². The molecule has 1 aliphatic heterocycles. The first kappa shape index (κ1) is 14.3. The van der Waals surface area contributed by atoms with Gasteiger partial charge in [0, 0.05) is 6.04 Å². The van der Waals surface area contributed by atoms with E-state index in [9.17, 15) is 0 Å². The van der Waals surface area contributed by atoms with Gasteiger partial charge in [0.1, 0.15) is 0 Å². The van der Waals surface area contributed by atoms with Crippen molar-refractivity contribution in [3.05, 3.63) is 0 Å². The summed E-state index contributed by atoms with van der Waals surface area (Å²) in [6, 6.07) is 0.807. The minimum absolute atomic E-state index is 0.807. The molecule has 2 fully saturated rings. The summed E-state index contributed by atoms with van der Waals surface area (Å²) in [6.45, 7) is 7.51. The van der Waals surface area contributed by atoms with Crippen molar-refractivity contribution in [2.75, 3.05) is 26.2 Å². The number of piperidine rings is 1. The Kier molecular flexibility index (Phi) is 6.50. The minimum Gasteiger partial charge on any atom is -0.314 e. The zero-order valence-corrected chi connectivity index (χ0v) is 12.3. The zero-order valence-electron chi connectivity index (χ0n) is 12.3. The van der Waals surface area contributed by atoms with Gasteiger partial charge in [0.25, 0.3) is 0 Å². The van der Waals surface area contributed by atoms with Gasteiger partial charge in [0.05, 0.1) is 0 Å². The molecule has 0 radical (unpaired) electrons. The van der Waals surface area contributed by atoms with E-state index < -0.39 is 0 Å². The number of likely N-dealkylation sites (tertiary alicyclic amines) is 1. The molecule has 18 heavy (non-hydrogen) atoms. The van der Waals surface area contributed by atoms with Crippen LogP contribution in [0.4, 0.5) is 0 Å². The van der Waals surface area contributed by atoms with Gasteiger partial charge < -0.3 is 10.2 Å². The second-order valence-electron chi connectivity index (χ2n) is 6.38. The lowest BCUT2D eigenvalue weighted by atomic mass is 9.98. The molecule has 0 aromatic rings. The number of nitrogens with one attached hydrogen (secondary N) is 1. The molecule has 0 atom stereocenters. The van der Waals surface area contributed by atoms with Crippen LogP contribution < -0.4 is 5.32 Å². The lowest BCUT2D eigenvalue weighted by Crippen LogP contribution is -2.44. The highest BCUT2D eigenvalue weighted by Crippen LogP contribution is 2.22. The van der Waals surface area contributed by atoms with E-state index in [0.29, 0.717) is 0 Å². The van der Waals surface area contributed by atoms with Crippen molar-refractivity contribution < 1.29 is 0 Å². The molecule has 0 bridgehead atoms. The first-order valence-corrected chi connectivity index (χ1v) is 8.34.